The zero-order valence-corrected chi connectivity index (χ0v) is 11.3. The van der Waals surface area contributed by atoms with E-state index >= 15 is 0 Å². The number of hydrogen-bond acceptors (Lipinski definition) is 4. The molecule has 0 aromatic heterocycles. The number of aliphatic hydroxyl groups is 1. The van der Waals surface area contributed by atoms with Crippen LogP contribution in [0.4, 0.5) is 4.79 Å². The fourth-order valence-electron chi connectivity index (χ4n) is 2.26. The van der Waals surface area contributed by atoms with Gasteiger partial charge in [-0.15, -0.1) is 0 Å². The van der Waals surface area contributed by atoms with Crippen molar-refractivity contribution in [2.24, 2.45) is 0 Å². The van der Waals surface area contributed by atoms with Crippen LogP contribution in [0.3, 0.4) is 0 Å². The second-order valence-electron chi connectivity index (χ2n) is 5.38. The van der Waals surface area contributed by atoms with Crippen molar-refractivity contribution in [3.8, 4) is 0 Å². The molecule has 8 nitrogen and oxygen atoms in total. The molecule has 2 aliphatic rings. The third-order valence-corrected chi connectivity index (χ3v) is 3.46. The Labute approximate surface area is 116 Å². The van der Waals surface area contributed by atoms with Crippen LogP contribution in [0.5, 0.6) is 0 Å². The lowest BCUT2D eigenvalue weighted by Gasteiger charge is -2.27. The van der Waals surface area contributed by atoms with E-state index in [2.05, 4.69) is 5.32 Å². The summed E-state index contributed by atoms with van der Waals surface area (Å²) in [6.07, 6.45) is 1.10. The molecule has 0 aromatic rings. The molecule has 8 heteroatoms. The molecule has 2 atom stereocenters. The average molecular weight is 285 g/mol. The van der Waals surface area contributed by atoms with E-state index in [0.29, 0.717) is 0 Å². The number of hydrogen-bond donors (Lipinski definition) is 3. The van der Waals surface area contributed by atoms with Crippen molar-refractivity contribution in [2.45, 2.75) is 37.5 Å². The highest BCUT2D eigenvalue weighted by Gasteiger charge is 2.40. The first kappa shape index (κ1) is 14.6. The van der Waals surface area contributed by atoms with Gasteiger partial charge in [0.25, 0.3) is 0 Å². The van der Waals surface area contributed by atoms with E-state index in [1.807, 2.05) is 0 Å². The first-order valence-electron chi connectivity index (χ1n) is 6.60. The average Bonchev–Trinajstić information content (AvgIpc) is 3.07. The van der Waals surface area contributed by atoms with Gasteiger partial charge in [0.1, 0.15) is 12.6 Å². The van der Waals surface area contributed by atoms with E-state index in [9.17, 15) is 19.5 Å². The van der Waals surface area contributed by atoms with E-state index in [0.717, 1.165) is 17.7 Å². The number of amides is 3. The fourth-order valence-corrected chi connectivity index (χ4v) is 2.26. The lowest BCUT2D eigenvalue weighted by Crippen LogP contribution is -2.49. The number of aliphatic carboxylic acids is 1. The largest absolute Gasteiger partial charge is 0.480 e. The Hall–Kier alpha value is -1.83. The van der Waals surface area contributed by atoms with Crippen LogP contribution in [0.1, 0.15) is 19.3 Å². The normalized spacial score (nSPS) is 25.4. The molecule has 1 heterocycles. The molecule has 1 saturated heterocycles. The van der Waals surface area contributed by atoms with E-state index in [1.165, 1.54) is 11.9 Å². The molecule has 0 bridgehead atoms. The van der Waals surface area contributed by atoms with Crippen molar-refractivity contribution in [1.29, 1.82) is 0 Å². The second-order valence-corrected chi connectivity index (χ2v) is 5.38. The van der Waals surface area contributed by atoms with Crippen LogP contribution in [-0.2, 0) is 9.59 Å². The number of rotatable bonds is 4. The molecule has 0 aromatic carbocycles. The minimum atomic E-state index is -1.15. The second kappa shape index (κ2) is 5.66. The summed E-state index contributed by atoms with van der Waals surface area (Å²) in [6.45, 7) is -0.140. The lowest BCUT2D eigenvalue weighted by atomic mass is 10.2. The van der Waals surface area contributed by atoms with Crippen molar-refractivity contribution in [3.63, 3.8) is 0 Å². The van der Waals surface area contributed by atoms with Crippen molar-refractivity contribution in [2.75, 3.05) is 20.1 Å². The van der Waals surface area contributed by atoms with Crippen LogP contribution < -0.4 is 5.32 Å². The molecule has 3 amide bonds. The van der Waals surface area contributed by atoms with E-state index in [4.69, 9.17) is 5.11 Å². The number of aliphatic hydroxyl groups excluding tert-OH is 1. The number of carbonyl (C=O) groups excluding carboxylic acids is 2. The molecular weight excluding hydrogens is 266 g/mol. The van der Waals surface area contributed by atoms with Gasteiger partial charge in [-0.25, -0.2) is 9.59 Å². The number of likely N-dealkylation sites (tertiary alicyclic amines) is 1. The smallest absolute Gasteiger partial charge is 0.326 e. The molecule has 1 saturated carbocycles. The maximum Gasteiger partial charge on any atom is 0.326 e. The molecule has 0 spiro atoms. The van der Waals surface area contributed by atoms with E-state index < -0.39 is 24.1 Å². The van der Waals surface area contributed by atoms with Crippen molar-refractivity contribution in [1.82, 2.24) is 15.1 Å². The van der Waals surface area contributed by atoms with Crippen molar-refractivity contribution >= 4 is 17.9 Å². The van der Waals surface area contributed by atoms with Crippen LogP contribution >= 0.6 is 0 Å². The highest BCUT2D eigenvalue weighted by Crippen LogP contribution is 2.20. The van der Waals surface area contributed by atoms with Crippen LogP contribution in [0.15, 0.2) is 0 Å². The first-order valence-corrected chi connectivity index (χ1v) is 6.60. The van der Waals surface area contributed by atoms with Gasteiger partial charge in [-0.1, -0.05) is 0 Å². The summed E-state index contributed by atoms with van der Waals surface area (Å²) in [5.74, 6) is -1.40. The van der Waals surface area contributed by atoms with E-state index in [-0.39, 0.29) is 31.5 Å². The van der Waals surface area contributed by atoms with Gasteiger partial charge >= 0.3 is 12.0 Å². The Bertz CT molecular complexity index is 423. The zero-order chi connectivity index (χ0) is 14.9. The number of carbonyl (C=O) groups is 3. The maximum absolute atomic E-state index is 12.1. The van der Waals surface area contributed by atoms with Gasteiger partial charge < -0.3 is 25.3 Å². The van der Waals surface area contributed by atoms with Gasteiger partial charge in [0.2, 0.25) is 5.91 Å². The Kier molecular flexibility index (Phi) is 4.12. The molecule has 2 unspecified atom stereocenters. The van der Waals surface area contributed by atoms with E-state index in [1.54, 1.807) is 0 Å². The molecule has 112 valence electrons. The Balaban J connectivity index is 1.91. The third kappa shape index (κ3) is 3.38. The Morgan fingerprint density at radius 3 is 2.55 bits per heavy atom. The maximum atomic E-state index is 12.1. The predicted octanol–water partition coefficient (Wildman–Crippen LogP) is -1.16. The fraction of sp³-hybridized carbons (Fsp3) is 0.750. The summed E-state index contributed by atoms with van der Waals surface area (Å²) in [5.41, 5.74) is 0. The molecule has 1 aliphatic carbocycles. The van der Waals surface area contributed by atoms with Crippen LogP contribution in [-0.4, -0.2) is 76.2 Å². The summed E-state index contributed by atoms with van der Waals surface area (Å²) >= 11 is 0. The summed E-state index contributed by atoms with van der Waals surface area (Å²) < 4.78 is 0. The molecule has 1 aliphatic heterocycles. The van der Waals surface area contributed by atoms with Crippen LogP contribution in [0, 0.1) is 0 Å². The van der Waals surface area contributed by atoms with Gasteiger partial charge in [0.05, 0.1) is 6.10 Å². The van der Waals surface area contributed by atoms with Gasteiger partial charge in [-0.05, 0) is 12.8 Å². The van der Waals surface area contributed by atoms with Gasteiger partial charge in [-0.3, -0.25) is 4.79 Å². The van der Waals surface area contributed by atoms with Crippen molar-refractivity contribution < 1.29 is 24.6 Å². The summed E-state index contributed by atoms with van der Waals surface area (Å²) in [6, 6.07) is -1.38. The number of nitrogens with zero attached hydrogens (tertiary/aromatic N) is 2. The summed E-state index contributed by atoms with van der Waals surface area (Å²) in [5, 5.41) is 21.3. The molecule has 2 fully saturated rings. The molecule has 20 heavy (non-hydrogen) atoms. The Morgan fingerprint density at radius 2 is 2.00 bits per heavy atom. The zero-order valence-electron chi connectivity index (χ0n) is 11.3. The number of urea groups is 1. The van der Waals surface area contributed by atoms with Crippen molar-refractivity contribution in [3.05, 3.63) is 0 Å². The summed E-state index contributed by atoms with van der Waals surface area (Å²) in [7, 11) is 1.44. The number of carboxylic acids is 1. The Morgan fingerprint density at radius 1 is 1.35 bits per heavy atom. The number of likely N-dealkylation sites (N-methyl/N-ethyl adjacent to an activating group) is 1. The number of nitrogens with one attached hydrogen (secondary N) is 1. The van der Waals surface area contributed by atoms with Crippen LogP contribution in [0.25, 0.3) is 0 Å². The predicted molar refractivity (Wildman–Crippen MR) is 67.9 cm³/mol. The minimum Gasteiger partial charge on any atom is -0.480 e. The number of carboxylic acid groups (broad SMARTS) is 1. The van der Waals surface area contributed by atoms with Gasteiger partial charge in [0, 0.05) is 26.1 Å². The lowest BCUT2D eigenvalue weighted by molar-refractivity contribution is -0.141. The van der Waals surface area contributed by atoms with Gasteiger partial charge in [-0.2, -0.15) is 0 Å². The number of β-amino-alcohol motifs (C(OH)–C–C–N with tert-alkyl or cyclic N) is 1. The molecule has 0 radical (unpaired) electrons. The quantitative estimate of drug-likeness (QED) is 0.603. The monoisotopic (exact) mass is 285 g/mol. The third-order valence-electron chi connectivity index (χ3n) is 3.46. The summed E-state index contributed by atoms with van der Waals surface area (Å²) in [4.78, 5) is 37.1. The minimum absolute atomic E-state index is 0.0170. The van der Waals surface area contributed by atoms with Gasteiger partial charge in [0.15, 0.2) is 0 Å². The standard InChI is InChI=1S/C12H19N3O5/c1-14(6-10(17)13-7-2-3-7)12(20)15-5-8(16)4-9(15)11(18)19/h7-9,16H,2-6H2,1H3,(H,13,17)(H,18,19). The van der Waals surface area contributed by atoms with Crippen LogP contribution in [0.2, 0.25) is 0 Å². The SMILES string of the molecule is CN(CC(=O)NC1CC1)C(=O)N1CC(O)CC1C(=O)O. The first-order chi connectivity index (χ1) is 9.38. The molecule has 3 N–H and O–H groups in total. The molecular formula is C12H19N3O5. The highest BCUT2D eigenvalue weighted by atomic mass is 16.4. The topological polar surface area (TPSA) is 110 Å². The highest BCUT2D eigenvalue weighted by molar-refractivity contribution is 5.87. The molecule has 2 rings (SSSR count).